The number of benzene rings is 3. The molecule has 12 heteroatoms. The number of aromatic nitrogens is 1. The van der Waals surface area contributed by atoms with Crippen LogP contribution < -0.4 is 5.32 Å². The highest BCUT2D eigenvalue weighted by atomic mass is 32.2. The summed E-state index contributed by atoms with van der Waals surface area (Å²) < 4.78 is 42.0. The molecule has 2 heterocycles. The zero-order valence-electron chi connectivity index (χ0n) is 20.3. The highest BCUT2D eigenvalue weighted by molar-refractivity contribution is 8.18. The number of H-pyrrole nitrogens is 1. The molecule has 0 atom stereocenters. The lowest BCUT2D eigenvalue weighted by molar-refractivity contribution is -0.137. The number of nitrogens with one attached hydrogen (secondary N) is 2. The predicted octanol–water partition coefficient (Wildman–Crippen LogP) is 7.62. The number of fused-ring (bicyclic) bond motifs is 1. The van der Waals surface area contributed by atoms with Crippen LogP contribution in [0.1, 0.15) is 22.3 Å². The number of rotatable bonds is 4. The van der Waals surface area contributed by atoms with Crippen molar-refractivity contribution in [1.29, 1.82) is 0 Å². The fourth-order valence-electron chi connectivity index (χ4n) is 4.38. The van der Waals surface area contributed by atoms with Crippen molar-refractivity contribution in [1.82, 2.24) is 10.3 Å². The van der Waals surface area contributed by atoms with Crippen molar-refractivity contribution in [2.45, 2.75) is 20.0 Å². The van der Waals surface area contributed by atoms with E-state index < -0.39 is 28.8 Å². The van der Waals surface area contributed by atoms with Crippen LogP contribution in [0.15, 0.2) is 63.7 Å². The number of aromatic hydroxyl groups is 2. The third-order valence-corrected chi connectivity index (χ3v) is 6.75. The van der Waals surface area contributed by atoms with Gasteiger partial charge in [0.1, 0.15) is 11.4 Å². The van der Waals surface area contributed by atoms with E-state index in [1.807, 2.05) is 6.07 Å². The third-order valence-electron chi connectivity index (χ3n) is 5.94. The molecule has 0 aliphatic carbocycles. The Kier molecular flexibility index (Phi) is 6.43. The van der Waals surface area contributed by atoms with E-state index >= 15 is 0 Å². The summed E-state index contributed by atoms with van der Waals surface area (Å²) in [5.41, 5.74) is 1.24. The molecule has 0 bridgehead atoms. The first-order valence-corrected chi connectivity index (χ1v) is 12.3. The first-order valence-electron chi connectivity index (χ1n) is 11.4. The second-order valence-corrected chi connectivity index (χ2v) is 9.92. The predicted molar refractivity (Wildman–Crippen MR) is 141 cm³/mol. The molecule has 1 aliphatic rings. The minimum Gasteiger partial charge on any atom is -0.506 e. The minimum atomic E-state index is -4.66. The quantitative estimate of drug-likeness (QED) is 0.153. The number of imide groups is 1. The highest BCUT2D eigenvalue weighted by Crippen LogP contribution is 2.46. The summed E-state index contributed by atoms with van der Waals surface area (Å²) >= 11 is 0.729. The molecular weight excluding hydrogens is 533 g/mol. The number of phenols is 1. The van der Waals surface area contributed by atoms with Crippen LogP contribution in [0.2, 0.25) is 0 Å². The number of thioether (sulfide) groups is 1. The van der Waals surface area contributed by atoms with Crippen LogP contribution in [-0.2, 0) is 11.0 Å². The lowest BCUT2D eigenvalue weighted by atomic mass is 9.94. The van der Waals surface area contributed by atoms with Gasteiger partial charge >= 0.3 is 6.18 Å². The summed E-state index contributed by atoms with van der Waals surface area (Å²) in [5, 5.41) is 30.8. The number of carbonyl (C=O) groups is 2. The molecule has 0 spiro atoms. The number of amides is 2. The maximum Gasteiger partial charge on any atom is 0.417 e. The van der Waals surface area contributed by atoms with Gasteiger partial charge in [0.05, 0.1) is 16.0 Å². The third kappa shape index (κ3) is 5.10. The normalized spacial score (nSPS) is 15.2. The number of aromatic amines is 1. The molecule has 39 heavy (non-hydrogen) atoms. The average Bonchev–Trinajstić information content (AvgIpc) is 3.33. The SMILES string of the molecule is Cc1cc(C)cc(-c2c(C(F)(F)F)ccc3c(N=Nc4ccc(C=C5SC(=O)NC5=O)cc4O)c(O)[nH]c23)c1. The molecule has 1 aromatic heterocycles. The molecular formula is C27H19F3N4O4S. The van der Waals surface area contributed by atoms with E-state index in [9.17, 15) is 33.0 Å². The second kappa shape index (κ2) is 9.62. The van der Waals surface area contributed by atoms with Gasteiger partial charge in [-0.3, -0.25) is 14.9 Å². The summed E-state index contributed by atoms with van der Waals surface area (Å²) in [4.78, 5) is 25.8. The van der Waals surface area contributed by atoms with Crippen LogP contribution >= 0.6 is 11.8 Å². The number of alkyl halides is 3. The molecule has 1 saturated heterocycles. The van der Waals surface area contributed by atoms with E-state index in [4.69, 9.17) is 0 Å². The number of aryl methyl sites for hydroxylation is 2. The molecule has 0 radical (unpaired) electrons. The van der Waals surface area contributed by atoms with Crippen molar-refractivity contribution in [2.24, 2.45) is 10.2 Å². The molecule has 1 fully saturated rings. The zero-order valence-corrected chi connectivity index (χ0v) is 21.2. The van der Waals surface area contributed by atoms with E-state index in [0.29, 0.717) is 11.1 Å². The Morgan fingerprint density at radius 2 is 1.67 bits per heavy atom. The average molecular weight is 553 g/mol. The summed E-state index contributed by atoms with van der Waals surface area (Å²) in [5.74, 6) is -1.34. The smallest absolute Gasteiger partial charge is 0.417 e. The Morgan fingerprint density at radius 3 is 2.28 bits per heavy atom. The van der Waals surface area contributed by atoms with Crippen molar-refractivity contribution in [2.75, 3.05) is 0 Å². The topological polar surface area (TPSA) is 127 Å². The maximum absolute atomic E-state index is 14.0. The molecule has 4 aromatic rings. The number of azo groups is 1. The Morgan fingerprint density at radius 1 is 0.949 bits per heavy atom. The monoisotopic (exact) mass is 552 g/mol. The standard InChI is InChI=1S/C27H19F3N4O4S/c1-12-7-13(2)9-15(8-12)21-17(27(28,29)30)5-4-16-22(21)31-25(37)23(16)34-33-18-6-3-14(10-19(18)35)11-20-24(36)32-26(38)39-20/h3-11,31,35,37H,1-2H3,(H,32,36,38). The summed E-state index contributed by atoms with van der Waals surface area (Å²) in [6.45, 7) is 3.57. The number of hydrogen-bond donors (Lipinski definition) is 4. The molecule has 1 aliphatic heterocycles. The van der Waals surface area contributed by atoms with Gasteiger partial charge in [-0.1, -0.05) is 35.4 Å². The molecule has 2 amide bonds. The van der Waals surface area contributed by atoms with Crippen molar-refractivity contribution in [3.63, 3.8) is 0 Å². The number of carbonyl (C=O) groups excluding carboxylic acids is 2. The molecule has 5 rings (SSSR count). The Labute approximate surface area is 223 Å². The molecule has 0 saturated carbocycles. The highest BCUT2D eigenvalue weighted by Gasteiger charge is 2.35. The first-order chi connectivity index (χ1) is 18.4. The number of nitrogens with zero attached hydrogens (tertiary/aromatic N) is 2. The fourth-order valence-corrected chi connectivity index (χ4v) is 5.06. The van der Waals surface area contributed by atoms with Crippen molar-refractivity contribution in [3.8, 4) is 22.8 Å². The van der Waals surface area contributed by atoms with Gasteiger partial charge in [0, 0.05) is 10.9 Å². The van der Waals surface area contributed by atoms with Gasteiger partial charge in [-0.05, 0) is 67.1 Å². The van der Waals surface area contributed by atoms with Crippen LogP contribution in [0.4, 0.5) is 29.3 Å². The fraction of sp³-hybridized carbons (Fsp3) is 0.111. The number of phenolic OH excluding ortho intramolecular Hbond substituents is 1. The Bertz CT molecular complexity index is 1720. The molecule has 198 valence electrons. The Balaban J connectivity index is 1.57. The van der Waals surface area contributed by atoms with Crippen LogP contribution in [-0.4, -0.2) is 26.3 Å². The van der Waals surface area contributed by atoms with Crippen LogP contribution in [0.3, 0.4) is 0 Å². The van der Waals surface area contributed by atoms with Gasteiger partial charge in [0.15, 0.2) is 5.69 Å². The number of halogens is 3. The lowest BCUT2D eigenvalue weighted by Gasteiger charge is -2.15. The van der Waals surface area contributed by atoms with E-state index in [0.717, 1.165) is 29.0 Å². The molecule has 3 aromatic carbocycles. The van der Waals surface area contributed by atoms with Crippen LogP contribution in [0.25, 0.3) is 28.1 Å². The van der Waals surface area contributed by atoms with Crippen molar-refractivity contribution < 1.29 is 33.0 Å². The van der Waals surface area contributed by atoms with Gasteiger partial charge in [0.2, 0.25) is 5.88 Å². The van der Waals surface area contributed by atoms with E-state index in [-0.39, 0.29) is 38.5 Å². The van der Waals surface area contributed by atoms with Crippen molar-refractivity contribution >= 4 is 51.3 Å². The van der Waals surface area contributed by atoms with E-state index in [1.165, 1.54) is 30.3 Å². The molecule has 0 unspecified atom stereocenters. The summed E-state index contributed by atoms with van der Waals surface area (Å²) in [6, 6.07) is 11.5. The zero-order chi connectivity index (χ0) is 28.1. The van der Waals surface area contributed by atoms with Gasteiger partial charge < -0.3 is 15.2 Å². The van der Waals surface area contributed by atoms with Gasteiger partial charge in [-0.2, -0.15) is 13.2 Å². The van der Waals surface area contributed by atoms with Gasteiger partial charge in [-0.15, -0.1) is 10.2 Å². The Hall–Kier alpha value is -4.58. The van der Waals surface area contributed by atoms with Crippen LogP contribution in [0.5, 0.6) is 11.6 Å². The maximum atomic E-state index is 14.0. The van der Waals surface area contributed by atoms with Crippen LogP contribution in [0, 0.1) is 13.8 Å². The number of hydrogen-bond acceptors (Lipinski definition) is 7. The summed E-state index contributed by atoms with van der Waals surface area (Å²) in [7, 11) is 0. The van der Waals surface area contributed by atoms with Gasteiger partial charge in [0.25, 0.3) is 11.1 Å². The van der Waals surface area contributed by atoms with Crippen molar-refractivity contribution in [3.05, 3.63) is 75.7 Å². The van der Waals surface area contributed by atoms with E-state index in [1.54, 1.807) is 26.0 Å². The van der Waals surface area contributed by atoms with Gasteiger partial charge in [-0.25, -0.2) is 0 Å². The minimum absolute atomic E-state index is 0.00643. The second-order valence-electron chi connectivity index (χ2n) is 8.91. The summed E-state index contributed by atoms with van der Waals surface area (Å²) in [6.07, 6.45) is -3.23. The first kappa shape index (κ1) is 26.0. The molecule has 4 N–H and O–H groups in total. The molecule has 8 nitrogen and oxygen atoms in total. The van der Waals surface area contributed by atoms with E-state index in [2.05, 4.69) is 20.5 Å². The largest absolute Gasteiger partial charge is 0.506 e. The lowest BCUT2D eigenvalue weighted by Crippen LogP contribution is -2.17.